The van der Waals surface area contributed by atoms with Crippen molar-refractivity contribution in [3.05, 3.63) is 0 Å². The van der Waals surface area contributed by atoms with Crippen LogP contribution in [0.2, 0.25) is 0 Å². The van der Waals surface area contributed by atoms with Gasteiger partial charge in [-0.3, -0.25) is 0 Å². The average molecular weight is 209 g/mol. The Morgan fingerprint density at radius 1 is 1.50 bits per heavy atom. The van der Waals surface area contributed by atoms with E-state index in [1.165, 1.54) is 0 Å². The minimum atomic E-state index is -2.79. The van der Waals surface area contributed by atoms with Gasteiger partial charge in [0.25, 0.3) is 5.92 Å². The molecular formula is C9H17F2NO2. The molecule has 0 aliphatic carbocycles. The monoisotopic (exact) mass is 209 g/mol. The van der Waals surface area contributed by atoms with E-state index in [9.17, 15) is 8.78 Å². The highest BCUT2D eigenvalue weighted by atomic mass is 19.3. The van der Waals surface area contributed by atoms with Gasteiger partial charge in [-0.15, -0.1) is 0 Å². The van der Waals surface area contributed by atoms with Gasteiger partial charge in [-0.25, -0.2) is 8.78 Å². The van der Waals surface area contributed by atoms with E-state index in [2.05, 4.69) is 5.32 Å². The van der Waals surface area contributed by atoms with Gasteiger partial charge in [0, 0.05) is 6.04 Å². The molecule has 0 saturated carbocycles. The summed E-state index contributed by atoms with van der Waals surface area (Å²) < 4.78 is 35.9. The number of alkyl halides is 2. The number of halogens is 2. The number of rotatable bonds is 6. The maximum atomic E-state index is 13.1. The van der Waals surface area contributed by atoms with Crippen LogP contribution in [0.25, 0.3) is 0 Å². The normalized spacial score (nSPS) is 18.6. The number of ether oxygens (including phenoxy) is 2. The molecule has 1 aliphatic rings. The Bertz CT molecular complexity index is 172. The lowest BCUT2D eigenvalue weighted by Crippen LogP contribution is -2.44. The molecule has 1 rings (SSSR count). The number of hydrogen-bond donors (Lipinski definition) is 1. The van der Waals surface area contributed by atoms with E-state index in [1.807, 2.05) is 13.8 Å². The summed E-state index contributed by atoms with van der Waals surface area (Å²) in [5, 5.41) is 2.68. The second-order valence-electron chi connectivity index (χ2n) is 3.86. The first-order chi connectivity index (χ1) is 6.49. The Hall–Kier alpha value is -0.260. The highest BCUT2D eigenvalue weighted by Crippen LogP contribution is 2.16. The van der Waals surface area contributed by atoms with Crippen LogP contribution in [0.1, 0.15) is 13.8 Å². The molecule has 1 fully saturated rings. The molecule has 0 aromatic rings. The Kier molecular flexibility index (Phi) is 4.22. The van der Waals surface area contributed by atoms with E-state index in [4.69, 9.17) is 9.47 Å². The van der Waals surface area contributed by atoms with Crippen LogP contribution in [-0.4, -0.2) is 44.4 Å². The molecule has 0 amide bonds. The number of hydrogen-bond acceptors (Lipinski definition) is 3. The predicted molar refractivity (Wildman–Crippen MR) is 48.6 cm³/mol. The van der Waals surface area contributed by atoms with Crippen molar-refractivity contribution in [1.82, 2.24) is 5.32 Å². The lowest BCUT2D eigenvalue weighted by atomic mass is 10.3. The largest absolute Gasteiger partial charge is 0.376 e. The van der Waals surface area contributed by atoms with Gasteiger partial charge in [-0.05, 0) is 0 Å². The molecule has 5 heteroatoms. The summed E-state index contributed by atoms with van der Waals surface area (Å²) in [4.78, 5) is 0. The molecule has 14 heavy (non-hydrogen) atoms. The summed E-state index contributed by atoms with van der Waals surface area (Å²) in [6, 6.07) is 0.0629. The third-order valence-electron chi connectivity index (χ3n) is 1.91. The highest BCUT2D eigenvalue weighted by molar-refractivity contribution is 4.73. The molecule has 3 nitrogen and oxygen atoms in total. The fourth-order valence-corrected chi connectivity index (χ4v) is 0.955. The molecule has 0 atom stereocenters. The van der Waals surface area contributed by atoms with Gasteiger partial charge in [0.2, 0.25) is 0 Å². The fourth-order valence-electron chi connectivity index (χ4n) is 0.955. The SMILES string of the molecule is CC(C)NCC(F)(F)COC1COC1. The van der Waals surface area contributed by atoms with Crippen molar-refractivity contribution in [2.75, 3.05) is 26.4 Å². The molecule has 0 aromatic heterocycles. The third-order valence-corrected chi connectivity index (χ3v) is 1.91. The van der Waals surface area contributed by atoms with E-state index in [-0.39, 0.29) is 18.7 Å². The molecule has 1 aliphatic heterocycles. The van der Waals surface area contributed by atoms with Crippen LogP contribution < -0.4 is 5.32 Å². The first-order valence-electron chi connectivity index (χ1n) is 4.80. The molecule has 0 aromatic carbocycles. The molecular weight excluding hydrogens is 192 g/mol. The maximum Gasteiger partial charge on any atom is 0.283 e. The highest BCUT2D eigenvalue weighted by Gasteiger charge is 2.32. The summed E-state index contributed by atoms with van der Waals surface area (Å²) in [7, 11) is 0. The number of nitrogens with one attached hydrogen (secondary N) is 1. The van der Waals surface area contributed by atoms with Crippen LogP contribution >= 0.6 is 0 Å². The smallest absolute Gasteiger partial charge is 0.283 e. The second kappa shape index (κ2) is 5.00. The van der Waals surface area contributed by atoms with Crippen LogP contribution in [0.15, 0.2) is 0 Å². The molecule has 84 valence electrons. The predicted octanol–water partition coefficient (Wildman–Crippen LogP) is 1.04. The molecule has 0 spiro atoms. The lowest BCUT2D eigenvalue weighted by molar-refractivity contribution is -0.171. The van der Waals surface area contributed by atoms with Crippen LogP contribution in [0.4, 0.5) is 8.78 Å². The van der Waals surface area contributed by atoms with Crippen molar-refractivity contribution in [2.24, 2.45) is 0 Å². The zero-order chi connectivity index (χ0) is 10.6. The quantitative estimate of drug-likeness (QED) is 0.709. The molecule has 1 N–H and O–H groups in total. The molecule has 0 radical (unpaired) electrons. The summed E-state index contributed by atoms with van der Waals surface area (Å²) in [6.45, 7) is 3.67. The molecule has 1 heterocycles. The van der Waals surface area contributed by atoms with Gasteiger partial charge in [-0.2, -0.15) is 0 Å². The molecule has 0 bridgehead atoms. The maximum absolute atomic E-state index is 13.1. The van der Waals surface area contributed by atoms with Crippen molar-refractivity contribution in [1.29, 1.82) is 0 Å². The summed E-state index contributed by atoms with van der Waals surface area (Å²) in [6.07, 6.45) is -0.139. The Morgan fingerprint density at radius 3 is 2.57 bits per heavy atom. The van der Waals surface area contributed by atoms with E-state index < -0.39 is 12.5 Å². The van der Waals surface area contributed by atoms with Crippen LogP contribution in [0.3, 0.4) is 0 Å². The first-order valence-corrected chi connectivity index (χ1v) is 4.80. The summed E-state index contributed by atoms with van der Waals surface area (Å²) in [5.41, 5.74) is 0. The van der Waals surface area contributed by atoms with Gasteiger partial charge in [0.05, 0.1) is 19.8 Å². The second-order valence-corrected chi connectivity index (χ2v) is 3.86. The Labute approximate surface area is 82.8 Å². The van der Waals surface area contributed by atoms with E-state index >= 15 is 0 Å². The van der Waals surface area contributed by atoms with Gasteiger partial charge in [0.15, 0.2) is 0 Å². The van der Waals surface area contributed by atoms with Crippen LogP contribution in [-0.2, 0) is 9.47 Å². The standard InChI is InChI=1S/C9H17F2NO2/c1-7(2)12-5-9(10,11)6-14-8-3-13-4-8/h7-8,12H,3-6H2,1-2H3. The van der Waals surface area contributed by atoms with E-state index in [0.29, 0.717) is 13.2 Å². The summed E-state index contributed by atoms with van der Waals surface area (Å²) >= 11 is 0. The van der Waals surface area contributed by atoms with Gasteiger partial charge >= 0.3 is 0 Å². The third kappa shape index (κ3) is 4.30. The average Bonchev–Trinajstić information content (AvgIpc) is 1.98. The van der Waals surface area contributed by atoms with Gasteiger partial charge in [-0.1, -0.05) is 13.8 Å². The van der Waals surface area contributed by atoms with Crippen LogP contribution in [0.5, 0.6) is 0 Å². The lowest BCUT2D eigenvalue weighted by Gasteiger charge is -2.28. The zero-order valence-corrected chi connectivity index (χ0v) is 8.56. The van der Waals surface area contributed by atoms with Gasteiger partial charge in [0.1, 0.15) is 12.7 Å². The van der Waals surface area contributed by atoms with E-state index in [0.717, 1.165) is 0 Å². The van der Waals surface area contributed by atoms with Gasteiger partial charge < -0.3 is 14.8 Å². The van der Waals surface area contributed by atoms with Crippen LogP contribution in [0, 0.1) is 0 Å². The topological polar surface area (TPSA) is 30.5 Å². The minimum Gasteiger partial charge on any atom is -0.376 e. The molecule has 0 unspecified atom stereocenters. The zero-order valence-electron chi connectivity index (χ0n) is 8.56. The van der Waals surface area contributed by atoms with Crippen molar-refractivity contribution in [3.8, 4) is 0 Å². The minimum absolute atomic E-state index is 0.0629. The van der Waals surface area contributed by atoms with Crippen molar-refractivity contribution < 1.29 is 18.3 Å². The molecule has 1 saturated heterocycles. The van der Waals surface area contributed by atoms with Crippen molar-refractivity contribution in [3.63, 3.8) is 0 Å². The van der Waals surface area contributed by atoms with E-state index in [1.54, 1.807) is 0 Å². The first kappa shape index (κ1) is 11.8. The fraction of sp³-hybridized carbons (Fsp3) is 1.00. The Balaban J connectivity index is 2.11. The van der Waals surface area contributed by atoms with Crippen molar-refractivity contribution in [2.45, 2.75) is 31.9 Å². The summed E-state index contributed by atoms with van der Waals surface area (Å²) in [5.74, 6) is -2.79. The Morgan fingerprint density at radius 2 is 2.14 bits per heavy atom. The van der Waals surface area contributed by atoms with Crippen molar-refractivity contribution >= 4 is 0 Å².